The molecule has 1 aliphatic heterocycles. The van der Waals surface area contributed by atoms with Crippen LogP contribution in [0.1, 0.15) is 54.2 Å². The topological polar surface area (TPSA) is 52.7 Å². The van der Waals surface area contributed by atoms with Crippen LogP contribution in [0.3, 0.4) is 0 Å². The van der Waals surface area contributed by atoms with Crippen LogP contribution in [0.15, 0.2) is 54.6 Å². The fourth-order valence-corrected chi connectivity index (χ4v) is 3.94. The zero-order chi connectivity index (χ0) is 20.6. The third kappa shape index (κ3) is 5.45. The Morgan fingerprint density at radius 2 is 1.76 bits per heavy atom. The van der Waals surface area contributed by atoms with Gasteiger partial charge in [0.25, 0.3) is 5.91 Å². The van der Waals surface area contributed by atoms with Crippen LogP contribution in [0.25, 0.3) is 0 Å². The van der Waals surface area contributed by atoms with Crippen LogP contribution in [-0.2, 0) is 11.3 Å². The molecule has 1 fully saturated rings. The van der Waals surface area contributed by atoms with Crippen molar-refractivity contribution in [3.8, 4) is 0 Å². The number of hydrogen-bond acceptors (Lipinski definition) is 3. The number of carbonyl (C=O) groups excluding carboxylic acids is 2. The molecule has 0 unspecified atom stereocenters. The third-order valence-electron chi connectivity index (χ3n) is 5.65. The maximum Gasteiger partial charge on any atom is 0.251 e. The molecule has 0 saturated carbocycles. The Morgan fingerprint density at radius 3 is 2.34 bits per heavy atom. The van der Waals surface area contributed by atoms with Crippen LogP contribution >= 0.6 is 0 Å². The fourth-order valence-electron chi connectivity index (χ4n) is 3.94. The Hall–Kier alpha value is -2.66. The number of likely N-dealkylation sites (tertiary alicyclic amines) is 1. The standard InChI is InChI=1S/C24H31N3O2/c1-3-26(4-2)22(20-9-6-5-7-10-20)17-25-24(29)21-14-12-19(13-15-21)18-27-16-8-11-23(27)28/h5-7,9-10,12-15,22H,3-4,8,11,16-18H2,1-2H3,(H,25,29)/t22-/m0/s1. The van der Waals surface area contributed by atoms with Crippen molar-refractivity contribution < 1.29 is 9.59 Å². The van der Waals surface area contributed by atoms with Gasteiger partial charge in [0.15, 0.2) is 0 Å². The lowest BCUT2D eigenvalue weighted by molar-refractivity contribution is -0.128. The second-order valence-corrected chi connectivity index (χ2v) is 7.47. The van der Waals surface area contributed by atoms with Crippen LogP contribution in [0, 0.1) is 0 Å². The van der Waals surface area contributed by atoms with Crippen molar-refractivity contribution in [1.29, 1.82) is 0 Å². The van der Waals surface area contributed by atoms with E-state index < -0.39 is 0 Å². The molecule has 1 saturated heterocycles. The van der Waals surface area contributed by atoms with Gasteiger partial charge in [-0.05, 0) is 42.8 Å². The number of hydrogen-bond donors (Lipinski definition) is 1. The minimum Gasteiger partial charge on any atom is -0.350 e. The molecule has 29 heavy (non-hydrogen) atoms. The highest BCUT2D eigenvalue weighted by atomic mass is 16.2. The number of nitrogens with zero attached hydrogens (tertiary/aromatic N) is 2. The molecule has 5 heteroatoms. The number of rotatable bonds is 9. The Bertz CT molecular complexity index is 801. The normalized spacial score (nSPS) is 15.0. The van der Waals surface area contributed by atoms with Crippen molar-refractivity contribution in [3.05, 3.63) is 71.3 Å². The molecular weight excluding hydrogens is 362 g/mol. The Balaban J connectivity index is 1.61. The summed E-state index contributed by atoms with van der Waals surface area (Å²) in [5.41, 5.74) is 2.91. The van der Waals surface area contributed by atoms with Crippen molar-refractivity contribution >= 4 is 11.8 Å². The molecule has 2 amide bonds. The van der Waals surface area contributed by atoms with Crippen LogP contribution in [0.5, 0.6) is 0 Å². The van der Waals surface area contributed by atoms with Crippen molar-refractivity contribution in [3.63, 3.8) is 0 Å². The molecule has 0 radical (unpaired) electrons. The molecule has 2 aromatic carbocycles. The predicted octanol–water partition coefficient (Wildman–Crippen LogP) is 3.62. The van der Waals surface area contributed by atoms with E-state index in [1.54, 1.807) is 0 Å². The van der Waals surface area contributed by atoms with E-state index in [0.717, 1.165) is 31.6 Å². The lowest BCUT2D eigenvalue weighted by Crippen LogP contribution is -2.38. The van der Waals surface area contributed by atoms with E-state index in [-0.39, 0.29) is 17.9 Å². The summed E-state index contributed by atoms with van der Waals surface area (Å²) in [5.74, 6) is 0.150. The summed E-state index contributed by atoms with van der Waals surface area (Å²) in [6.07, 6.45) is 1.59. The monoisotopic (exact) mass is 393 g/mol. The van der Waals surface area contributed by atoms with Crippen molar-refractivity contribution in [1.82, 2.24) is 15.1 Å². The second-order valence-electron chi connectivity index (χ2n) is 7.47. The van der Waals surface area contributed by atoms with E-state index in [4.69, 9.17) is 0 Å². The maximum atomic E-state index is 12.7. The van der Waals surface area contributed by atoms with Crippen LogP contribution in [0.2, 0.25) is 0 Å². The Morgan fingerprint density at radius 1 is 1.07 bits per heavy atom. The largest absolute Gasteiger partial charge is 0.350 e. The zero-order valence-corrected chi connectivity index (χ0v) is 17.4. The molecule has 1 atom stereocenters. The van der Waals surface area contributed by atoms with Crippen molar-refractivity contribution in [2.24, 2.45) is 0 Å². The van der Waals surface area contributed by atoms with Crippen LogP contribution < -0.4 is 5.32 Å². The first kappa shape index (κ1) is 21.1. The summed E-state index contributed by atoms with van der Waals surface area (Å²) in [6, 6.07) is 18.1. The van der Waals surface area contributed by atoms with E-state index in [1.165, 1.54) is 5.56 Å². The number of amides is 2. The molecule has 0 aromatic heterocycles. The summed E-state index contributed by atoms with van der Waals surface area (Å²) in [7, 11) is 0. The summed E-state index contributed by atoms with van der Waals surface area (Å²) < 4.78 is 0. The first-order valence-corrected chi connectivity index (χ1v) is 10.6. The second kappa shape index (κ2) is 10.2. The smallest absolute Gasteiger partial charge is 0.251 e. The fraction of sp³-hybridized carbons (Fsp3) is 0.417. The van der Waals surface area contributed by atoms with E-state index in [0.29, 0.717) is 25.1 Å². The number of benzene rings is 2. The third-order valence-corrected chi connectivity index (χ3v) is 5.65. The van der Waals surface area contributed by atoms with Gasteiger partial charge in [0.05, 0.1) is 6.04 Å². The molecule has 3 rings (SSSR count). The molecule has 0 bridgehead atoms. The Kier molecular flexibility index (Phi) is 7.42. The predicted molar refractivity (Wildman–Crippen MR) is 116 cm³/mol. The molecular formula is C24H31N3O2. The van der Waals surface area contributed by atoms with Crippen LogP contribution in [-0.4, -0.2) is 47.8 Å². The highest BCUT2D eigenvalue weighted by Gasteiger charge is 2.21. The quantitative estimate of drug-likeness (QED) is 0.708. The van der Waals surface area contributed by atoms with Crippen molar-refractivity contribution in [2.75, 3.05) is 26.2 Å². The molecule has 154 valence electrons. The van der Waals surface area contributed by atoms with Gasteiger partial charge < -0.3 is 10.2 Å². The van der Waals surface area contributed by atoms with Gasteiger partial charge in [-0.3, -0.25) is 14.5 Å². The van der Waals surface area contributed by atoms with Gasteiger partial charge in [-0.2, -0.15) is 0 Å². The van der Waals surface area contributed by atoms with Gasteiger partial charge in [-0.1, -0.05) is 56.3 Å². The highest BCUT2D eigenvalue weighted by molar-refractivity contribution is 5.94. The number of carbonyl (C=O) groups is 2. The van der Waals surface area contributed by atoms with Gasteiger partial charge in [0, 0.05) is 31.6 Å². The molecule has 1 aliphatic rings. The molecule has 0 spiro atoms. The zero-order valence-electron chi connectivity index (χ0n) is 17.4. The SMILES string of the molecule is CCN(CC)[C@@H](CNC(=O)c1ccc(CN2CCCC2=O)cc1)c1ccccc1. The molecule has 5 nitrogen and oxygen atoms in total. The molecule has 1 heterocycles. The maximum absolute atomic E-state index is 12.7. The van der Waals surface area contributed by atoms with Gasteiger partial charge in [0.2, 0.25) is 5.91 Å². The molecule has 0 aliphatic carbocycles. The minimum absolute atomic E-state index is 0.0677. The average molecular weight is 394 g/mol. The number of likely N-dealkylation sites (N-methyl/N-ethyl adjacent to an activating group) is 1. The lowest BCUT2D eigenvalue weighted by atomic mass is 10.0. The van der Waals surface area contributed by atoms with Crippen molar-refractivity contribution in [2.45, 2.75) is 39.3 Å². The van der Waals surface area contributed by atoms with E-state index in [9.17, 15) is 9.59 Å². The summed E-state index contributed by atoms with van der Waals surface area (Å²) in [5, 5.41) is 3.10. The first-order valence-electron chi connectivity index (χ1n) is 10.6. The summed E-state index contributed by atoms with van der Waals surface area (Å²) in [6.45, 7) is 8.16. The average Bonchev–Trinajstić information content (AvgIpc) is 3.16. The van der Waals surface area contributed by atoms with Gasteiger partial charge in [0.1, 0.15) is 0 Å². The highest BCUT2D eigenvalue weighted by Crippen LogP contribution is 2.20. The van der Waals surface area contributed by atoms with Gasteiger partial charge in [-0.15, -0.1) is 0 Å². The molecule has 2 aromatic rings. The summed E-state index contributed by atoms with van der Waals surface area (Å²) in [4.78, 5) is 28.7. The van der Waals surface area contributed by atoms with Gasteiger partial charge in [-0.25, -0.2) is 0 Å². The molecule has 1 N–H and O–H groups in total. The van der Waals surface area contributed by atoms with E-state index in [2.05, 4.69) is 36.2 Å². The minimum atomic E-state index is -0.0677. The van der Waals surface area contributed by atoms with Crippen LogP contribution in [0.4, 0.5) is 0 Å². The summed E-state index contributed by atoms with van der Waals surface area (Å²) >= 11 is 0. The number of nitrogens with one attached hydrogen (secondary N) is 1. The van der Waals surface area contributed by atoms with E-state index >= 15 is 0 Å². The Labute approximate surface area is 173 Å². The van der Waals surface area contributed by atoms with Gasteiger partial charge >= 0.3 is 0 Å². The lowest BCUT2D eigenvalue weighted by Gasteiger charge is -2.30. The van der Waals surface area contributed by atoms with E-state index in [1.807, 2.05) is 47.4 Å². The first-order chi connectivity index (χ1) is 14.1.